The van der Waals surface area contributed by atoms with Crippen molar-refractivity contribution in [2.75, 3.05) is 20.6 Å². The lowest BCUT2D eigenvalue weighted by Gasteiger charge is -2.27. The molecule has 0 saturated heterocycles. The summed E-state index contributed by atoms with van der Waals surface area (Å²) in [5, 5.41) is 7.85. The van der Waals surface area contributed by atoms with Gasteiger partial charge in [0, 0.05) is 13.0 Å². The summed E-state index contributed by atoms with van der Waals surface area (Å²) >= 11 is 1.36. The smallest absolute Gasteiger partial charge is 0.262 e. The third-order valence-electron chi connectivity index (χ3n) is 5.52. The Kier molecular flexibility index (Phi) is 8.59. The standard InChI is InChI=1S/C26H31N3O2S/c1-4-19-12-14-21(15-13-19)23(29(2)3)18-27-25(30)22(17-20-9-6-5-7-10-20)28-26(31)24-11-8-16-32-24/h5-16,22-23H,4,17-18H2,1-3H3,(H,27,30)(H,28,31)/t22-,23-/m1/s1. The highest BCUT2D eigenvalue weighted by molar-refractivity contribution is 7.12. The van der Waals surface area contributed by atoms with Crippen molar-refractivity contribution in [2.24, 2.45) is 0 Å². The number of hydrogen-bond acceptors (Lipinski definition) is 4. The molecule has 0 radical (unpaired) electrons. The number of benzene rings is 2. The summed E-state index contributed by atoms with van der Waals surface area (Å²) in [6.45, 7) is 2.59. The summed E-state index contributed by atoms with van der Waals surface area (Å²) in [4.78, 5) is 28.5. The lowest BCUT2D eigenvalue weighted by Crippen LogP contribution is -2.49. The Morgan fingerprint density at radius 2 is 1.66 bits per heavy atom. The van der Waals surface area contributed by atoms with Crippen LogP contribution in [0.1, 0.15) is 39.3 Å². The molecule has 2 aromatic carbocycles. The van der Waals surface area contributed by atoms with Gasteiger partial charge < -0.3 is 15.5 Å². The number of amides is 2. The molecule has 0 unspecified atom stereocenters. The number of rotatable bonds is 10. The normalized spacial score (nSPS) is 12.9. The van der Waals surface area contributed by atoms with Crippen molar-refractivity contribution in [3.05, 3.63) is 93.7 Å². The number of likely N-dealkylation sites (N-methyl/N-ethyl adjacent to an activating group) is 1. The van der Waals surface area contributed by atoms with Gasteiger partial charge in [-0.25, -0.2) is 0 Å². The first-order valence-electron chi connectivity index (χ1n) is 10.9. The first-order chi connectivity index (χ1) is 15.5. The molecule has 32 heavy (non-hydrogen) atoms. The Balaban J connectivity index is 1.71. The molecule has 5 nitrogen and oxygen atoms in total. The Morgan fingerprint density at radius 3 is 2.25 bits per heavy atom. The monoisotopic (exact) mass is 449 g/mol. The zero-order chi connectivity index (χ0) is 22.9. The highest BCUT2D eigenvalue weighted by atomic mass is 32.1. The van der Waals surface area contributed by atoms with Crippen LogP contribution in [0.15, 0.2) is 72.1 Å². The molecule has 0 spiro atoms. The van der Waals surface area contributed by atoms with E-state index in [0.29, 0.717) is 17.8 Å². The highest BCUT2D eigenvalue weighted by Gasteiger charge is 2.24. The minimum Gasteiger partial charge on any atom is -0.352 e. The molecule has 0 aliphatic heterocycles. The van der Waals surface area contributed by atoms with Crippen molar-refractivity contribution in [3.8, 4) is 0 Å². The van der Waals surface area contributed by atoms with Gasteiger partial charge >= 0.3 is 0 Å². The quantitative estimate of drug-likeness (QED) is 0.491. The van der Waals surface area contributed by atoms with E-state index in [2.05, 4.69) is 46.7 Å². The van der Waals surface area contributed by atoms with Gasteiger partial charge in [-0.3, -0.25) is 9.59 Å². The lowest BCUT2D eigenvalue weighted by molar-refractivity contribution is -0.123. The number of nitrogens with one attached hydrogen (secondary N) is 2. The van der Waals surface area contributed by atoms with E-state index in [1.807, 2.05) is 55.9 Å². The second-order valence-corrected chi connectivity index (χ2v) is 8.96. The first-order valence-corrected chi connectivity index (χ1v) is 11.8. The van der Waals surface area contributed by atoms with Gasteiger partial charge in [0.15, 0.2) is 0 Å². The highest BCUT2D eigenvalue weighted by Crippen LogP contribution is 2.18. The minimum atomic E-state index is -0.655. The van der Waals surface area contributed by atoms with Gasteiger partial charge in [0.1, 0.15) is 6.04 Å². The van der Waals surface area contributed by atoms with Crippen LogP contribution < -0.4 is 10.6 Å². The molecule has 2 N–H and O–H groups in total. The predicted molar refractivity (Wildman–Crippen MR) is 131 cm³/mol. The van der Waals surface area contributed by atoms with Crippen LogP contribution in [0.3, 0.4) is 0 Å². The van der Waals surface area contributed by atoms with E-state index < -0.39 is 6.04 Å². The van der Waals surface area contributed by atoms with Crippen LogP contribution in [0, 0.1) is 0 Å². The van der Waals surface area contributed by atoms with Crippen molar-refractivity contribution in [1.82, 2.24) is 15.5 Å². The molecule has 0 aliphatic carbocycles. The number of thiophene rings is 1. The van der Waals surface area contributed by atoms with Crippen LogP contribution in [0.4, 0.5) is 0 Å². The fraction of sp³-hybridized carbons (Fsp3) is 0.308. The largest absolute Gasteiger partial charge is 0.352 e. The van der Waals surface area contributed by atoms with E-state index in [0.717, 1.165) is 17.5 Å². The molecule has 3 rings (SSSR count). The summed E-state index contributed by atoms with van der Waals surface area (Å²) in [5.74, 6) is -0.411. The molecule has 2 amide bonds. The van der Waals surface area contributed by atoms with Crippen LogP contribution >= 0.6 is 11.3 Å². The Bertz CT molecular complexity index is 986. The SMILES string of the molecule is CCc1ccc([C@@H](CNC(=O)[C@@H](Cc2ccccc2)NC(=O)c2cccs2)N(C)C)cc1. The maximum atomic E-state index is 13.2. The molecular weight excluding hydrogens is 418 g/mol. The molecule has 6 heteroatoms. The number of hydrogen-bond donors (Lipinski definition) is 2. The molecule has 1 heterocycles. The number of carbonyl (C=O) groups excluding carboxylic acids is 2. The van der Waals surface area contributed by atoms with Crippen molar-refractivity contribution >= 4 is 23.2 Å². The van der Waals surface area contributed by atoms with Gasteiger partial charge in [0.25, 0.3) is 5.91 Å². The second kappa shape index (κ2) is 11.6. The average Bonchev–Trinajstić information content (AvgIpc) is 3.35. The Hall–Kier alpha value is -2.96. The van der Waals surface area contributed by atoms with Gasteiger partial charge in [0.2, 0.25) is 5.91 Å². The summed E-state index contributed by atoms with van der Waals surface area (Å²) in [5.41, 5.74) is 3.43. The van der Waals surface area contributed by atoms with Crippen molar-refractivity contribution in [1.29, 1.82) is 0 Å². The molecule has 0 bridgehead atoms. The molecule has 1 aromatic heterocycles. The van der Waals surface area contributed by atoms with Crippen LogP contribution in [0.5, 0.6) is 0 Å². The van der Waals surface area contributed by atoms with Crippen molar-refractivity contribution in [2.45, 2.75) is 31.8 Å². The maximum Gasteiger partial charge on any atom is 0.262 e. The van der Waals surface area contributed by atoms with E-state index in [1.165, 1.54) is 16.9 Å². The van der Waals surface area contributed by atoms with Crippen molar-refractivity contribution in [3.63, 3.8) is 0 Å². The fourth-order valence-electron chi connectivity index (χ4n) is 3.59. The van der Waals surface area contributed by atoms with Gasteiger partial charge in [-0.2, -0.15) is 0 Å². The lowest BCUT2D eigenvalue weighted by atomic mass is 10.0. The zero-order valence-electron chi connectivity index (χ0n) is 18.9. The predicted octanol–water partition coefficient (Wildman–Crippen LogP) is 4.07. The second-order valence-electron chi connectivity index (χ2n) is 8.01. The molecule has 168 valence electrons. The van der Waals surface area contributed by atoms with Gasteiger partial charge in [-0.15, -0.1) is 11.3 Å². The van der Waals surface area contributed by atoms with E-state index >= 15 is 0 Å². The summed E-state index contributed by atoms with van der Waals surface area (Å²) < 4.78 is 0. The summed E-state index contributed by atoms with van der Waals surface area (Å²) in [7, 11) is 4.01. The van der Waals surface area contributed by atoms with Gasteiger partial charge in [-0.05, 0) is 48.7 Å². The van der Waals surface area contributed by atoms with E-state index in [1.54, 1.807) is 6.07 Å². The Labute approximate surface area is 194 Å². The third kappa shape index (κ3) is 6.52. The van der Waals surface area contributed by atoms with Crippen LogP contribution in [-0.2, 0) is 17.6 Å². The fourth-order valence-corrected chi connectivity index (χ4v) is 4.22. The molecule has 3 aromatic rings. The first kappa shape index (κ1) is 23.7. The number of nitrogens with zero attached hydrogens (tertiary/aromatic N) is 1. The van der Waals surface area contributed by atoms with E-state index in [9.17, 15) is 9.59 Å². The summed E-state index contributed by atoms with van der Waals surface area (Å²) in [6.07, 6.45) is 1.43. The third-order valence-corrected chi connectivity index (χ3v) is 6.38. The number of aryl methyl sites for hydroxylation is 1. The van der Waals surface area contributed by atoms with Crippen molar-refractivity contribution < 1.29 is 9.59 Å². The molecular formula is C26H31N3O2S. The topological polar surface area (TPSA) is 61.4 Å². The van der Waals surface area contributed by atoms with Crippen LogP contribution in [0.2, 0.25) is 0 Å². The molecule has 0 saturated carbocycles. The Morgan fingerprint density at radius 1 is 0.938 bits per heavy atom. The average molecular weight is 450 g/mol. The van der Waals surface area contributed by atoms with Gasteiger partial charge in [-0.1, -0.05) is 67.6 Å². The molecule has 0 fully saturated rings. The van der Waals surface area contributed by atoms with E-state index in [-0.39, 0.29) is 17.9 Å². The summed E-state index contributed by atoms with van der Waals surface area (Å²) in [6, 6.07) is 21.2. The van der Waals surface area contributed by atoms with Gasteiger partial charge in [0.05, 0.1) is 10.9 Å². The maximum absolute atomic E-state index is 13.2. The number of carbonyl (C=O) groups is 2. The zero-order valence-corrected chi connectivity index (χ0v) is 19.7. The minimum absolute atomic E-state index is 0.0372. The van der Waals surface area contributed by atoms with E-state index in [4.69, 9.17) is 0 Å². The van der Waals surface area contributed by atoms with Crippen LogP contribution in [0.25, 0.3) is 0 Å². The molecule has 0 aliphatic rings. The molecule has 2 atom stereocenters. The van der Waals surface area contributed by atoms with Crippen LogP contribution in [-0.4, -0.2) is 43.4 Å².